The second-order valence-electron chi connectivity index (χ2n) is 5.85. The molecule has 0 fully saturated rings. The van der Waals surface area contributed by atoms with Gasteiger partial charge >= 0.3 is 0 Å². The van der Waals surface area contributed by atoms with Crippen molar-refractivity contribution in [2.45, 2.75) is 46.6 Å². The fraction of sp³-hybridized carbons (Fsp3) is 0.846. The number of aromatic nitrogens is 3. The molecule has 0 aliphatic rings. The van der Waals surface area contributed by atoms with Crippen LogP contribution in [0.5, 0.6) is 0 Å². The van der Waals surface area contributed by atoms with Gasteiger partial charge in [0.1, 0.15) is 12.2 Å². The lowest BCUT2D eigenvalue weighted by Gasteiger charge is -2.32. The summed E-state index contributed by atoms with van der Waals surface area (Å²) < 4.78 is 1.90. The maximum Gasteiger partial charge on any atom is 0.138 e. The Hall–Kier alpha value is -0.940. The maximum atomic E-state index is 9.72. The molecule has 0 saturated carbocycles. The van der Waals surface area contributed by atoms with Crippen molar-refractivity contribution in [3.63, 3.8) is 0 Å². The molecule has 0 saturated heterocycles. The first-order valence-electron chi connectivity index (χ1n) is 6.63. The summed E-state index contributed by atoms with van der Waals surface area (Å²) in [6.45, 7) is 8.99. The molecule has 1 aromatic heterocycles. The van der Waals surface area contributed by atoms with Gasteiger partial charge in [0.15, 0.2) is 0 Å². The zero-order valence-corrected chi connectivity index (χ0v) is 11.9. The number of hydrogen-bond donors (Lipinski definition) is 2. The van der Waals surface area contributed by atoms with Crippen molar-refractivity contribution in [3.8, 4) is 0 Å². The predicted molar refractivity (Wildman–Crippen MR) is 72.1 cm³/mol. The van der Waals surface area contributed by atoms with Gasteiger partial charge < -0.3 is 10.8 Å². The molecule has 0 aliphatic heterocycles. The van der Waals surface area contributed by atoms with E-state index in [0.29, 0.717) is 18.9 Å². The Labute approximate surface area is 109 Å². The average Bonchev–Trinajstić information content (AvgIpc) is 2.75. The number of aliphatic hydroxyl groups excluding tert-OH is 1. The number of nitrogens with zero attached hydrogens (tertiary/aromatic N) is 3. The number of hydrogen-bond acceptors (Lipinski definition) is 4. The van der Waals surface area contributed by atoms with Crippen LogP contribution in [0.2, 0.25) is 0 Å². The molecule has 0 aliphatic carbocycles. The van der Waals surface area contributed by atoms with E-state index >= 15 is 0 Å². The minimum atomic E-state index is -0.284. The Bertz CT molecular complexity index is 356. The molecule has 1 atom stereocenters. The molecular formula is C13H26N4O. The summed E-state index contributed by atoms with van der Waals surface area (Å²) in [7, 11) is 0. The van der Waals surface area contributed by atoms with E-state index in [1.807, 2.05) is 4.68 Å². The van der Waals surface area contributed by atoms with Crippen molar-refractivity contribution in [2.24, 2.45) is 17.1 Å². The van der Waals surface area contributed by atoms with Crippen LogP contribution in [-0.2, 0) is 6.42 Å². The first-order chi connectivity index (χ1) is 8.44. The molecule has 5 nitrogen and oxygen atoms in total. The molecule has 5 heteroatoms. The van der Waals surface area contributed by atoms with Gasteiger partial charge in [0.2, 0.25) is 0 Å². The molecule has 0 spiro atoms. The van der Waals surface area contributed by atoms with Crippen LogP contribution in [-0.4, -0.2) is 33.0 Å². The molecule has 0 aromatic carbocycles. The van der Waals surface area contributed by atoms with Crippen LogP contribution >= 0.6 is 0 Å². The lowest BCUT2D eigenvalue weighted by molar-refractivity contribution is 0.104. The van der Waals surface area contributed by atoms with Gasteiger partial charge in [-0.1, -0.05) is 13.8 Å². The lowest BCUT2D eigenvalue weighted by atomic mass is 9.77. The second kappa shape index (κ2) is 6.29. The van der Waals surface area contributed by atoms with Crippen LogP contribution in [0, 0.1) is 11.3 Å². The summed E-state index contributed by atoms with van der Waals surface area (Å²) in [6, 6.07) is 0.274. The Morgan fingerprint density at radius 1 is 1.39 bits per heavy atom. The van der Waals surface area contributed by atoms with E-state index in [2.05, 4.69) is 37.8 Å². The largest absolute Gasteiger partial charge is 0.396 e. The molecule has 1 aromatic rings. The zero-order chi connectivity index (χ0) is 13.8. The van der Waals surface area contributed by atoms with Gasteiger partial charge in [-0.15, -0.1) is 0 Å². The quantitative estimate of drug-likeness (QED) is 0.770. The monoisotopic (exact) mass is 254 g/mol. The first-order valence-corrected chi connectivity index (χ1v) is 6.63. The minimum absolute atomic E-state index is 0.0899. The lowest BCUT2D eigenvalue weighted by Crippen LogP contribution is -2.38. The van der Waals surface area contributed by atoms with Gasteiger partial charge in [-0.3, -0.25) is 0 Å². The Morgan fingerprint density at radius 3 is 2.50 bits per heavy atom. The third-order valence-corrected chi connectivity index (χ3v) is 3.28. The highest BCUT2D eigenvalue weighted by molar-refractivity contribution is 4.96. The third kappa shape index (κ3) is 3.53. The van der Waals surface area contributed by atoms with Gasteiger partial charge in [-0.05, 0) is 26.2 Å². The highest BCUT2D eigenvalue weighted by atomic mass is 16.3. The summed E-state index contributed by atoms with van der Waals surface area (Å²) in [5.41, 5.74) is 5.61. The zero-order valence-electron chi connectivity index (χ0n) is 11.9. The molecule has 1 heterocycles. The van der Waals surface area contributed by atoms with E-state index < -0.39 is 0 Å². The maximum absolute atomic E-state index is 9.72. The van der Waals surface area contributed by atoms with Crippen LogP contribution in [0.15, 0.2) is 6.33 Å². The van der Waals surface area contributed by atoms with E-state index in [-0.39, 0.29) is 18.1 Å². The minimum Gasteiger partial charge on any atom is -0.396 e. The van der Waals surface area contributed by atoms with Crippen LogP contribution < -0.4 is 5.73 Å². The number of aliphatic hydroxyl groups is 1. The van der Waals surface area contributed by atoms with Crippen molar-refractivity contribution in [1.29, 1.82) is 0 Å². The molecule has 0 radical (unpaired) electrons. The third-order valence-electron chi connectivity index (χ3n) is 3.28. The summed E-state index contributed by atoms with van der Waals surface area (Å²) in [5, 5.41) is 13.9. The number of nitrogens with two attached hydrogens (primary N) is 1. The number of rotatable bonds is 7. The molecule has 1 unspecified atom stereocenters. The molecule has 1 rings (SSSR count). The summed E-state index contributed by atoms with van der Waals surface area (Å²) >= 11 is 0. The molecular weight excluding hydrogens is 228 g/mol. The van der Waals surface area contributed by atoms with Gasteiger partial charge in [0, 0.05) is 24.4 Å². The summed E-state index contributed by atoms with van der Waals surface area (Å²) in [5.74, 6) is 1.40. The average molecular weight is 254 g/mol. The van der Waals surface area contributed by atoms with Crippen molar-refractivity contribution in [2.75, 3.05) is 13.2 Å². The SMILES string of the molecule is CC(C)CC(CN)(CO)Cc1ncnn1C(C)C. The van der Waals surface area contributed by atoms with Gasteiger partial charge in [-0.2, -0.15) is 5.10 Å². The normalized spacial score (nSPS) is 15.3. The van der Waals surface area contributed by atoms with E-state index in [4.69, 9.17) is 5.73 Å². The predicted octanol–water partition coefficient (Wildman–Crippen LogP) is 1.38. The second-order valence-corrected chi connectivity index (χ2v) is 5.85. The van der Waals surface area contributed by atoms with Crippen LogP contribution in [0.3, 0.4) is 0 Å². The fourth-order valence-electron chi connectivity index (χ4n) is 2.45. The highest BCUT2D eigenvalue weighted by Gasteiger charge is 2.31. The smallest absolute Gasteiger partial charge is 0.138 e. The summed E-state index contributed by atoms with van der Waals surface area (Å²) in [6.07, 6.45) is 3.14. The van der Waals surface area contributed by atoms with Crippen LogP contribution in [0.1, 0.15) is 46.0 Å². The van der Waals surface area contributed by atoms with E-state index in [1.165, 1.54) is 0 Å². The fourth-order valence-corrected chi connectivity index (χ4v) is 2.45. The Balaban J connectivity index is 2.92. The van der Waals surface area contributed by atoms with Crippen molar-refractivity contribution in [3.05, 3.63) is 12.2 Å². The van der Waals surface area contributed by atoms with Crippen molar-refractivity contribution >= 4 is 0 Å². The molecule has 104 valence electrons. The van der Waals surface area contributed by atoms with Crippen LogP contribution in [0.4, 0.5) is 0 Å². The Morgan fingerprint density at radius 2 is 2.06 bits per heavy atom. The van der Waals surface area contributed by atoms with Gasteiger partial charge in [0.25, 0.3) is 0 Å². The van der Waals surface area contributed by atoms with E-state index in [1.54, 1.807) is 6.33 Å². The van der Waals surface area contributed by atoms with Crippen LogP contribution in [0.25, 0.3) is 0 Å². The van der Waals surface area contributed by atoms with Crippen molar-refractivity contribution in [1.82, 2.24) is 14.8 Å². The molecule has 0 bridgehead atoms. The Kier molecular flexibility index (Phi) is 5.28. The van der Waals surface area contributed by atoms with Gasteiger partial charge in [0.05, 0.1) is 6.61 Å². The van der Waals surface area contributed by atoms with E-state index in [0.717, 1.165) is 12.2 Å². The first kappa shape index (κ1) is 15.1. The molecule has 18 heavy (non-hydrogen) atoms. The highest BCUT2D eigenvalue weighted by Crippen LogP contribution is 2.29. The van der Waals surface area contributed by atoms with Gasteiger partial charge in [-0.25, -0.2) is 9.67 Å². The molecule has 0 amide bonds. The topological polar surface area (TPSA) is 77.0 Å². The summed E-state index contributed by atoms with van der Waals surface area (Å²) in [4.78, 5) is 4.31. The van der Waals surface area contributed by atoms with Crippen molar-refractivity contribution < 1.29 is 5.11 Å². The van der Waals surface area contributed by atoms with E-state index in [9.17, 15) is 5.11 Å². The standard InChI is InChI=1S/C13H26N4O/c1-10(2)5-13(7-14,8-18)6-12-15-9-16-17(12)11(3)4/h9-11,18H,5-8,14H2,1-4H3. The molecule has 3 N–H and O–H groups in total.